The summed E-state index contributed by atoms with van der Waals surface area (Å²) >= 11 is 3.34. The van der Waals surface area contributed by atoms with Crippen molar-refractivity contribution < 1.29 is 9.53 Å². The lowest BCUT2D eigenvalue weighted by molar-refractivity contribution is 0.0767. The molecule has 0 aliphatic carbocycles. The molecule has 110 valence electrons. The molecule has 0 atom stereocenters. The van der Waals surface area contributed by atoms with E-state index >= 15 is 0 Å². The summed E-state index contributed by atoms with van der Waals surface area (Å²) in [5.41, 5.74) is 0.374. The number of carbonyl (C=O) groups excluding carboxylic acids is 1. The maximum Gasteiger partial charge on any atom is 0.272 e. The monoisotopic (exact) mass is 349 g/mol. The van der Waals surface area contributed by atoms with Crippen molar-refractivity contribution in [2.45, 2.75) is 13.8 Å². The number of hydrogen-bond acceptors (Lipinski definition) is 4. The van der Waals surface area contributed by atoms with Crippen molar-refractivity contribution in [1.82, 2.24) is 14.9 Å². The maximum atomic E-state index is 12.3. The van der Waals surface area contributed by atoms with E-state index in [1.807, 2.05) is 13.8 Å². The Morgan fingerprint density at radius 1 is 1.24 bits per heavy atom. The van der Waals surface area contributed by atoms with E-state index in [0.717, 1.165) is 4.47 Å². The molecule has 0 aromatic carbocycles. The highest BCUT2D eigenvalue weighted by Gasteiger charge is 2.14. The molecular formula is C15H16BrN3O2. The van der Waals surface area contributed by atoms with Gasteiger partial charge in [-0.1, -0.05) is 0 Å². The van der Waals surface area contributed by atoms with Gasteiger partial charge < -0.3 is 9.64 Å². The van der Waals surface area contributed by atoms with E-state index < -0.39 is 0 Å². The van der Waals surface area contributed by atoms with Gasteiger partial charge >= 0.3 is 0 Å². The van der Waals surface area contributed by atoms with E-state index in [1.165, 1.54) is 0 Å². The molecule has 0 N–H and O–H groups in total. The van der Waals surface area contributed by atoms with Gasteiger partial charge in [-0.3, -0.25) is 14.8 Å². The van der Waals surface area contributed by atoms with Crippen LogP contribution in [-0.4, -0.2) is 33.9 Å². The fourth-order valence-electron chi connectivity index (χ4n) is 1.85. The molecule has 2 rings (SSSR count). The van der Waals surface area contributed by atoms with E-state index in [9.17, 15) is 4.79 Å². The van der Waals surface area contributed by atoms with Crippen LogP contribution in [0.3, 0.4) is 0 Å². The largest absolute Gasteiger partial charge is 0.456 e. The molecule has 2 heterocycles. The number of amides is 1. The Hall–Kier alpha value is -1.95. The molecule has 2 aromatic rings. The van der Waals surface area contributed by atoms with Crippen molar-refractivity contribution in [3.63, 3.8) is 0 Å². The first kappa shape index (κ1) is 15.4. The van der Waals surface area contributed by atoms with Gasteiger partial charge in [0.1, 0.15) is 17.2 Å². The van der Waals surface area contributed by atoms with Crippen molar-refractivity contribution in [3.8, 4) is 11.5 Å². The lowest BCUT2D eigenvalue weighted by Gasteiger charge is -2.18. The fourth-order valence-corrected chi connectivity index (χ4v) is 2.19. The van der Waals surface area contributed by atoms with E-state index in [1.54, 1.807) is 41.7 Å². The molecule has 0 fully saturated rings. The smallest absolute Gasteiger partial charge is 0.272 e. The normalized spacial score (nSPS) is 10.2. The van der Waals surface area contributed by atoms with Crippen LogP contribution in [0.2, 0.25) is 0 Å². The third-order valence-electron chi connectivity index (χ3n) is 2.92. The number of aromatic nitrogens is 2. The molecule has 0 unspecified atom stereocenters. The lowest BCUT2D eigenvalue weighted by atomic mass is 10.3. The fraction of sp³-hybridized carbons (Fsp3) is 0.267. The summed E-state index contributed by atoms with van der Waals surface area (Å²) in [4.78, 5) is 22.1. The number of ether oxygens (including phenoxy) is 1. The van der Waals surface area contributed by atoms with Gasteiger partial charge in [0, 0.05) is 36.0 Å². The first-order valence-electron chi connectivity index (χ1n) is 6.67. The van der Waals surface area contributed by atoms with E-state index in [2.05, 4.69) is 25.9 Å². The SMILES string of the molecule is CCN(CC)C(=O)c1cc(Oc2cncc(Br)c2)ccn1. The first-order valence-corrected chi connectivity index (χ1v) is 7.47. The van der Waals surface area contributed by atoms with Gasteiger partial charge in [-0.2, -0.15) is 0 Å². The average molecular weight is 350 g/mol. The quantitative estimate of drug-likeness (QED) is 0.828. The van der Waals surface area contributed by atoms with Crippen LogP contribution in [0.4, 0.5) is 0 Å². The van der Waals surface area contributed by atoms with Crippen LogP contribution in [-0.2, 0) is 0 Å². The van der Waals surface area contributed by atoms with Crippen molar-refractivity contribution in [2.75, 3.05) is 13.1 Å². The Bertz CT molecular complexity index is 630. The highest BCUT2D eigenvalue weighted by molar-refractivity contribution is 9.10. The first-order chi connectivity index (χ1) is 10.1. The molecule has 21 heavy (non-hydrogen) atoms. The summed E-state index contributed by atoms with van der Waals surface area (Å²) in [5, 5.41) is 0. The van der Waals surface area contributed by atoms with Gasteiger partial charge in [-0.25, -0.2) is 0 Å². The molecule has 1 amide bonds. The van der Waals surface area contributed by atoms with Gasteiger partial charge in [0.2, 0.25) is 0 Å². The standard InChI is InChI=1S/C15H16BrN3O2/c1-3-19(4-2)15(20)14-8-12(5-6-18-14)21-13-7-11(16)9-17-10-13/h5-10H,3-4H2,1-2H3. The zero-order valence-corrected chi connectivity index (χ0v) is 13.5. The Morgan fingerprint density at radius 2 is 2.00 bits per heavy atom. The maximum absolute atomic E-state index is 12.3. The van der Waals surface area contributed by atoms with Crippen molar-refractivity contribution in [3.05, 3.63) is 47.0 Å². The summed E-state index contributed by atoms with van der Waals surface area (Å²) in [6.45, 7) is 5.18. The molecule has 2 aromatic heterocycles. The second-order valence-electron chi connectivity index (χ2n) is 4.30. The molecule has 0 radical (unpaired) electrons. The predicted molar refractivity (Wildman–Crippen MR) is 83.5 cm³/mol. The second-order valence-corrected chi connectivity index (χ2v) is 5.21. The minimum atomic E-state index is -0.0992. The number of carbonyl (C=O) groups is 1. The zero-order chi connectivity index (χ0) is 15.2. The van der Waals surface area contributed by atoms with Crippen molar-refractivity contribution in [1.29, 1.82) is 0 Å². The number of rotatable bonds is 5. The van der Waals surface area contributed by atoms with E-state index in [4.69, 9.17) is 4.74 Å². The lowest BCUT2D eigenvalue weighted by Crippen LogP contribution is -2.31. The van der Waals surface area contributed by atoms with Crippen LogP contribution in [0.25, 0.3) is 0 Å². The summed E-state index contributed by atoms with van der Waals surface area (Å²) in [7, 11) is 0. The molecule has 6 heteroatoms. The van der Waals surface area contributed by atoms with Crippen LogP contribution >= 0.6 is 15.9 Å². The highest BCUT2D eigenvalue weighted by Crippen LogP contribution is 2.23. The van der Waals surface area contributed by atoms with E-state index in [-0.39, 0.29) is 5.91 Å². The molecule has 0 bridgehead atoms. The van der Waals surface area contributed by atoms with Crippen LogP contribution in [0, 0.1) is 0 Å². The van der Waals surface area contributed by atoms with Crippen LogP contribution in [0.5, 0.6) is 11.5 Å². The van der Waals surface area contributed by atoms with Crippen LogP contribution < -0.4 is 4.74 Å². The predicted octanol–water partition coefficient (Wildman–Crippen LogP) is 3.51. The molecule has 0 aliphatic heterocycles. The molecule has 0 spiro atoms. The Labute approximate surface area is 132 Å². The summed E-state index contributed by atoms with van der Waals surface area (Å²) in [6, 6.07) is 5.15. The molecule has 0 aliphatic rings. The molecular weight excluding hydrogens is 334 g/mol. The number of hydrogen-bond donors (Lipinski definition) is 0. The van der Waals surface area contributed by atoms with Gasteiger partial charge in [0.05, 0.1) is 6.20 Å². The average Bonchev–Trinajstić information content (AvgIpc) is 2.48. The third-order valence-corrected chi connectivity index (χ3v) is 3.35. The zero-order valence-electron chi connectivity index (χ0n) is 11.9. The van der Waals surface area contributed by atoms with Crippen LogP contribution in [0.1, 0.15) is 24.3 Å². The minimum absolute atomic E-state index is 0.0992. The number of nitrogens with zero attached hydrogens (tertiary/aromatic N) is 3. The van der Waals surface area contributed by atoms with Crippen LogP contribution in [0.15, 0.2) is 41.3 Å². The van der Waals surface area contributed by atoms with Crippen molar-refractivity contribution >= 4 is 21.8 Å². The summed E-state index contributed by atoms with van der Waals surface area (Å²) < 4.78 is 6.52. The molecule has 5 nitrogen and oxygen atoms in total. The second kappa shape index (κ2) is 7.17. The van der Waals surface area contributed by atoms with Gasteiger partial charge in [-0.05, 0) is 41.9 Å². The Balaban J connectivity index is 2.20. The molecule has 0 saturated carbocycles. The number of halogens is 1. The van der Waals surface area contributed by atoms with Crippen molar-refractivity contribution in [2.24, 2.45) is 0 Å². The molecule has 0 saturated heterocycles. The van der Waals surface area contributed by atoms with Gasteiger partial charge in [-0.15, -0.1) is 0 Å². The van der Waals surface area contributed by atoms with Gasteiger partial charge in [0.15, 0.2) is 0 Å². The summed E-state index contributed by atoms with van der Waals surface area (Å²) in [6.07, 6.45) is 4.85. The topological polar surface area (TPSA) is 55.3 Å². The minimum Gasteiger partial charge on any atom is -0.456 e. The van der Waals surface area contributed by atoms with Gasteiger partial charge in [0.25, 0.3) is 5.91 Å². The summed E-state index contributed by atoms with van der Waals surface area (Å²) in [5.74, 6) is 1.05. The Morgan fingerprint density at radius 3 is 2.67 bits per heavy atom. The highest BCUT2D eigenvalue weighted by atomic mass is 79.9. The van der Waals surface area contributed by atoms with E-state index in [0.29, 0.717) is 30.3 Å². The third kappa shape index (κ3) is 4.01. The Kier molecular flexibility index (Phi) is 5.27. The number of pyridine rings is 2.